The van der Waals surface area contributed by atoms with Crippen molar-refractivity contribution in [1.82, 2.24) is 9.55 Å². The van der Waals surface area contributed by atoms with Crippen LogP contribution in [0, 0.1) is 0 Å². The van der Waals surface area contributed by atoms with Crippen molar-refractivity contribution in [3.63, 3.8) is 0 Å². The molecule has 0 bridgehead atoms. The van der Waals surface area contributed by atoms with E-state index < -0.39 is 0 Å². The number of ether oxygens (including phenoxy) is 1. The third-order valence-electron chi connectivity index (χ3n) is 4.54. The van der Waals surface area contributed by atoms with Gasteiger partial charge in [0.15, 0.2) is 0 Å². The third-order valence-corrected chi connectivity index (χ3v) is 4.54. The minimum atomic E-state index is -0.174. The topological polar surface area (TPSA) is 56.1 Å². The number of nitrogens with zero attached hydrogens (tertiary/aromatic N) is 2. The van der Waals surface area contributed by atoms with E-state index in [1.54, 1.807) is 18.6 Å². The summed E-state index contributed by atoms with van der Waals surface area (Å²) in [7, 11) is 0. The number of aromatic nitrogens is 2. The Kier molecular flexibility index (Phi) is 5.67. The van der Waals surface area contributed by atoms with Crippen molar-refractivity contribution < 1.29 is 9.53 Å². The van der Waals surface area contributed by atoms with Gasteiger partial charge in [-0.15, -0.1) is 0 Å². The van der Waals surface area contributed by atoms with Crippen molar-refractivity contribution >= 4 is 28.4 Å². The van der Waals surface area contributed by atoms with Gasteiger partial charge >= 0.3 is 0 Å². The van der Waals surface area contributed by atoms with E-state index in [1.807, 2.05) is 65.4 Å². The zero-order valence-electron chi connectivity index (χ0n) is 15.9. The van der Waals surface area contributed by atoms with Crippen molar-refractivity contribution in [2.24, 2.45) is 0 Å². The number of rotatable bonds is 7. The first-order chi connectivity index (χ1) is 14.3. The first-order valence-corrected chi connectivity index (χ1v) is 9.43. The summed E-state index contributed by atoms with van der Waals surface area (Å²) >= 11 is 0. The number of imidazole rings is 1. The fourth-order valence-electron chi connectivity index (χ4n) is 3.07. The quantitative estimate of drug-likeness (QED) is 0.468. The summed E-state index contributed by atoms with van der Waals surface area (Å²) in [6.07, 6.45) is 8.79. The molecule has 0 saturated heterocycles. The van der Waals surface area contributed by atoms with E-state index in [0.29, 0.717) is 6.61 Å². The molecule has 0 aliphatic rings. The number of carbonyl (C=O) groups excluding carboxylic acids is 1. The van der Waals surface area contributed by atoms with Crippen molar-refractivity contribution in [2.45, 2.75) is 6.54 Å². The lowest BCUT2D eigenvalue weighted by Crippen LogP contribution is -2.08. The summed E-state index contributed by atoms with van der Waals surface area (Å²) in [6.45, 7) is 1.29. The largest absolute Gasteiger partial charge is 0.492 e. The highest BCUT2D eigenvalue weighted by atomic mass is 16.5. The molecule has 4 rings (SSSR count). The Balaban J connectivity index is 1.32. The van der Waals surface area contributed by atoms with E-state index in [2.05, 4.69) is 28.5 Å². The molecule has 5 nitrogen and oxygen atoms in total. The van der Waals surface area contributed by atoms with Crippen molar-refractivity contribution in [3.05, 3.63) is 97.1 Å². The molecule has 0 fully saturated rings. The highest BCUT2D eigenvalue weighted by Gasteiger charge is 2.01. The molecule has 3 aromatic carbocycles. The first-order valence-electron chi connectivity index (χ1n) is 9.43. The van der Waals surface area contributed by atoms with E-state index >= 15 is 0 Å². The van der Waals surface area contributed by atoms with Crippen LogP contribution in [0.3, 0.4) is 0 Å². The maximum Gasteiger partial charge on any atom is 0.248 e. The minimum Gasteiger partial charge on any atom is -0.492 e. The normalized spacial score (nSPS) is 11.0. The predicted octanol–water partition coefficient (Wildman–Crippen LogP) is 4.77. The molecule has 144 valence electrons. The zero-order chi connectivity index (χ0) is 19.9. The lowest BCUT2D eigenvalue weighted by Gasteiger charge is -2.08. The Morgan fingerprint density at radius 2 is 1.86 bits per heavy atom. The molecule has 0 atom stereocenters. The number of amides is 1. The number of fused-ring (bicyclic) bond motifs is 1. The molecule has 0 unspecified atom stereocenters. The van der Waals surface area contributed by atoms with E-state index in [9.17, 15) is 4.79 Å². The Hall–Kier alpha value is -3.86. The van der Waals surface area contributed by atoms with Gasteiger partial charge in [-0.2, -0.15) is 0 Å². The van der Waals surface area contributed by atoms with Crippen LogP contribution in [0.2, 0.25) is 0 Å². The second-order valence-electron chi connectivity index (χ2n) is 6.56. The van der Waals surface area contributed by atoms with Gasteiger partial charge in [0.25, 0.3) is 0 Å². The van der Waals surface area contributed by atoms with Crippen molar-refractivity contribution in [1.29, 1.82) is 0 Å². The van der Waals surface area contributed by atoms with Gasteiger partial charge in [0.1, 0.15) is 12.4 Å². The molecule has 1 heterocycles. The minimum absolute atomic E-state index is 0.174. The van der Waals surface area contributed by atoms with Gasteiger partial charge < -0.3 is 14.6 Å². The molecule has 1 amide bonds. The van der Waals surface area contributed by atoms with E-state index in [0.717, 1.165) is 34.3 Å². The summed E-state index contributed by atoms with van der Waals surface area (Å²) in [6, 6.07) is 21.5. The van der Waals surface area contributed by atoms with Crippen LogP contribution >= 0.6 is 0 Å². The number of benzene rings is 3. The second-order valence-corrected chi connectivity index (χ2v) is 6.56. The summed E-state index contributed by atoms with van der Waals surface area (Å²) < 4.78 is 7.67. The molecule has 0 radical (unpaired) electrons. The highest BCUT2D eigenvalue weighted by Crippen LogP contribution is 2.20. The molecule has 0 aliphatic carbocycles. The molecular formula is C24H21N3O2. The van der Waals surface area contributed by atoms with Crippen LogP contribution in [-0.2, 0) is 11.3 Å². The molecule has 29 heavy (non-hydrogen) atoms. The maximum absolute atomic E-state index is 12.3. The number of carbonyl (C=O) groups is 1. The summed E-state index contributed by atoms with van der Waals surface area (Å²) in [4.78, 5) is 16.3. The maximum atomic E-state index is 12.3. The van der Waals surface area contributed by atoms with Gasteiger partial charge in [0.05, 0.1) is 12.9 Å². The molecule has 0 saturated carbocycles. The number of anilines is 1. The van der Waals surface area contributed by atoms with Crippen molar-refractivity contribution in [3.8, 4) is 5.75 Å². The van der Waals surface area contributed by atoms with Crippen LogP contribution in [0.4, 0.5) is 5.69 Å². The fourth-order valence-corrected chi connectivity index (χ4v) is 3.07. The molecule has 4 aromatic rings. The van der Waals surface area contributed by atoms with E-state index in [-0.39, 0.29) is 5.91 Å². The Morgan fingerprint density at radius 1 is 1.03 bits per heavy atom. The molecular weight excluding hydrogens is 362 g/mol. The third kappa shape index (κ3) is 4.90. The van der Waals surface area contributed by atoms with Crippen LogP contribution in [-0.4, -0.2) is 22.1 Å². The Morgan fingerprint density at radius 3 is 2.69 bits per heavy atom. The smallest absolute Gasteiger partial charge is 0.248 e. The van der Waals surface area contributed by atoms with Gasteiger partial charge in [-0.3, -0.25) is 4.79 Å². The van der Waals surface area contributed by atoms with Crippen LogP contribution in [0.1, 0.15) is 5.56 Å². The van der Waals surface area contributed by atoms with Gasteiger partial charge in [0.2, 0.25) is 5.91 Å². The lowest BCUT2D eigenvalue weighted by molar-refractivity contribution is -0.111. The number of hydrogen-bond donors (Lipinski definition) is 1. The van der Waals surface area contributed by atoms with E-state index in [1.165, 1.54) is 0 Å². The summed E-state index contributed by atoms with van der Waals surface area (Å²) in [5.41, 5.74) is 1.74. The van der Waals surface area contributed by atoms with Gasteiger partial charge in [-0.05, 0) is 46.7 Å². The van der Waals surface area contributed by atoms with Crippen LogP contribution in [0.5, 0.6) is 5.75 Å². The average Bonchev–Trinajstić information content (AvgIpc) is 3.27. The molecule has 0 aliphatic heterocycles. The lowest BCUT2D eigenvalue weighted by atomic mass is 10.0. The SMILES string of the molecule is O=C(/C=C/c1cccc2ccccc12)Nc1ccc(OCCn2ccnc2)cc1. The van der Waals surface area contributed by atoms with E-state index in [4.69, 9.17) is 4.74 Å². The molecule has 1 N–H and O–H groups in total. The molecule has 1 aromatic heterocycles. The summed E-state index contributed by atoms with van der Waals surface area (Å²) in [5, 5.41) is 5.15. The first kappa shape index (κ1) is 18.5. The Labute approximate surface area is 169 Å². The monoisotopic (exact) mass is 383 g/mol. The average molecular weight is 383 g/mol. The van der Waals surface area contributed by atoms with Crippen LogP contribution < -0.4 is 10.1 Å². The van der Waals surface area contributed by atoms with Crippen molar-refractivity contribution in [2.75, 3.05) is 11.9 Å². The summed E-state index contributed by atoms with van der Waals surface area (Å²) in [5.74, 6) is 0.584. The molecule has 5 heteroatoms. The second kappa shape index (κ2) is 8.89. The fraction of sp³-hybridized carbons (Fsp3) is 0.0833. The highest BCUT2D eigenvalue weighted by molar-refractivity contribution is 6.03. The zero-order valence-corrected chi connectivity index (χ0v) is 15.9. The standard InChI is InChI=1S/C24H21N3O2/c28-24(13-8-20-6-3-5-19-4-1-2-7-23(19)20)26-21-9-11-22(12-10-21)29-17-16-27-15-14-25-18-27/h1-15,18H,16-17H2,(H,26,28)/b13-8+. The number of nitrogens with one attached hydrogen (secondary N) is 1. The van der Waals surface area contributed by atoms with Gasteiger partial charge in [0, 0.05) is 24.2 Å². The number of hydrogen-bond acceptors (Lipinski definition) is 3. The van der Waals surface area contributed by atoms with Gasteiger partial charge in [-0.25, -0.2) is 4.98 Å². The van der Waals surface area contributed by atoms with Gasteiger partial charge in [-0.1, -0.05) is 42.5 Å². The predicted molar refractivity (Wildman–Crippen MR) is 116 cm³/mol. The molecule has 0 spiro atoms. The van der Waals surface area contributed by atoms with Crippen LogP contribution in [0.15, 0.2) is 91.5 Å². The van der Waals surface area contributed by atoms with Crippen LogP contribution in [0.25, 0.3) is 16.8 Å². The Bertz CT molecular complexity index is 1110.